The van der Waals surface area contributed by atoms with E-state index in [9.17, 15) is 4.79 Å². The highest BCUT2D eigenvalue weighted by molar-refractivity contribution is 9.10. The number of anilines is 2. The second kappa shape index (κ2) is 6.05. The minimum atomic E-state index is -0.141. The van der Waals surface area contributed by atoms with E-state index in [4.69, 9.17) is 0 Å². The third-order valence-electron chi connectivity index (χ3n) is 3.01. The molecule has 1 amide bonds. The molecule has 2 aromatic rings. The zero-order valence-corrected chi connectivity index (χ0v) is 13.2. The van der Waals surface area contributed by atoms with Crippen molar-refractivity contribution in [1.29, 1.82) is 0 Å². The van der Waals surface area contributed by atoms with Gasteiger partial charge in [0.2, 0.25) is 0 Å². The van der Waals surface area contributed by atoms with Crippen LogP contribution >= 0.6 is 15.9 Å². The largest absolute Gasteiger partial charge is 0.373 e. The van der Waals surface area contributed by atoms with Gasteiger partial charge in [0.1, 0.15) is 5.82 Å². The Morgan fingerprint density at radius 2 is 1.85 bits per heavy atom. The lowest BCUT2D eigenvalue weighted by Crippen LogP contribution is -2.14. The number of aromatic nitrogens is 1. The number of pyridine rings is 1. The molecule has 4 nitrogen and oxygen atoms in total. The van der Waals surface area contributed by atoms with Gasteiger partial charge in [-0.15, -0.1) is 0 Å². The SMILES string of the molecule is CNc1cc(C(=O)Nc2c(C)cc(Br)cc2C)ccn1. The number of nitrogens with zero attached hydrogens (tertiary/aromatic N) is 1. The average molecular weight is 334 g/mol. The molecule has 0 atom stereocenters. The summed E-state index contributed by atoms with van der Waals surface area (Å²) < 4.78 is 1.01. The number of benzene rings is 1. The Morgan fingerprint density at radius 3 is 2.45 bits per heavy atom. The zero-order valence-electron chi connectivity index (χ0n) is 11.6. The third-order valence-corrected chi connectivity index (χ3v) is 3.47. The average Bonchev–Trinajstić information content (AvgIpc) is 2.42. The summed E-state index contributed by atoms with van der Waals surface area (Å²) in [5.74, 6) is 0.527. The standard InChI is InChI=1S/C15H16BrN3O/c1-9-6-12(16)7-10(2)14(9)19-15(20)11-4-5-18-13(8-11)17-3/h4-8H,1-3H3,(H,17,18)(H,19,20). The van der Waals surface area contributed by atoms with Crippen molar-refractivity contribution in [2.24, 2.45) is 0 Å². The van der Waals surface area contributed by atoms with Gasteiger partial charge in [0.25, 0.3) is 5.91 Å². The molecule has 0 unspecified atom stereocenters. The minimum Gasteiger partial charge on any atom is -0.373 e. The maximum atomic E-state index is 12.3. The van der Waals surface area contributed by atoms with Gasteiger partial charge in [-0.05, 0) is 49.2 Å². The molecule has 5 heteroatoms. The topological polar surface area (TPSA) is 54.0 Å². The summed E-state index contributed by atoms with van der Waals surface area (Å²) in [4.78, 5) is 16.4. The van der Waals surface area contributed by atoms with Crippen LogP contribution in [0.2, 0.25) is 0 Å². The normalized spacial score (nSPS) is 10.2. The lowest BCUT2D eigenvalue weighted by atomic mass is 10.1. The van der Waals surface area contributed by atoms with E-state index in [1.807, 2.05) is 26.0 Å². The van der Waals surface area contributed by atoms with Crippen LogP contribution in [0.4, 0.5) is 11.5 Å². The van der Waals surface area contributed by atoms with Crippen molar-refractivity contribution in [3.05, 3.63) is 51.6 Å². The van der Waals surface area contributed by atoms with Gasteiger partial charge in [0, 0.05) is 29.0 Å². The lowest BCUT2D eigenvalue weighted by molar-refractivity contribution is 0.102. The van der Waals surface area contributed by atoms with Crippen LogP contribution in [0.5, 0.6) is 0 Å². The van der Waals surface area contributed by atoms with E-state index in [-0.39, 0.29) is 5.91 Å². The van der Waals surface area contributed by atoms with Gasteiger partial charge in [-0.3, -0.25) is 4.79 Å². The van der Waals surface area contributed by atoms with Crippen LogP contribution in [-0.4, -0.2) is 17.9 Å². The molecule has 0 aliphatic rings. The Labute approximate surface area is 126 Å². The van der Waals surface area contributed by atoms with Crippen molar-refractivity contribution in [2.45, 2.75) is 13.8 Å². The smallest absolute Gasteiger partial charge is 0.255 e. The van der Waals surface area contributed by atoms with Crippen LogP contribution in [0.15, 0.2) is 34.9 Å². The molecule has 2 N–H and O–H groups in total. The molecule has 0 saturated heterocycles. The Kier molecular flexibility index (Phi) is 4.39. The van der Waals surface area contributed by atoms with E-state index in [1.54, 1.807) is 25.4 Å². The van der Waals surface area contributed by atoms with Crippen LogP contribution in [0, 0.1) is 13.8 Å². The second-order valence-electron chi connectivity index (χ2n) is 4.55. The summed E-state index contributed by atoms with van der Waals surface area (Å²) >= 11 is 3.45. The zero-order chi connectivity index (χ0) is 14.7. The number of aryl methyl sites for hydroxylation is 2. The van der Waals surface area contributed by atoms with Crippen LogP contribution in [0.25, 0.3) is 0 Å². The molecular formula is C15H16BrN3O. The minimum absolute atomic E-state index is 0.141. The van der Waals surface area contributed by atoms with Crippen LogP contribution in [-0.2, 0) is 0 Å². The molecular weight excluding hydrogens is 318 g/mol. The molecule has 0 aliphatic carbocycles. The number of rotatable bonds is 3. The van der Waals surface area contributed by atoms with Crippen molar-refractivity contribution in [3.63, 3.8) is 0 Å². The highest BCUT2D eigenvalue weighted by Crippen LogP contribution is 2.25. The van der Waals surface area contributed by atoms with Crippen molar-refractivity contribution in [2.75, 3.05) is 17.7 Å². The molecule has 0 bridgehead atoms. The van der Waals surface area contributed by atoms with E-state index >= 15 is 0 Å². The molecule has 0 radical (unpaired) electrons. The van der Waals surface area contributed by atoms with Gasteiger partial charge in [0.15, 0.2) is 0 Å². The maximum Gasteiger partial charge on any atom is 0.255 e. The molecule has 20 heavy (non-hydrogen) atoms. The third kappa shape index (κ3) is 3.17. The quantitative estimate of drug-likeness (QED) is 0.899. The molecule has 1 aromatic carbocycles. The van der Waals surface area contributed by atoms with Gasteiger partial charge in [-0.1, -0.05) is 15.9 Å². The van der Waals surface area contributed by atoms with Gasteiger partial charge in [-0.2, -0.15) is 0 Å². The van der Waals surface area contributed by atoms with Crippen LogP contribution in [0.3, 0.4) is 0 Å². The predicted octanol–water partition coefficient (Wildman–Crippen LogP) is 3.75. The first-order valence-corrected chi connectivity index (χ1v) is 7.02. The van der Waals surface area contributed by atoms with Crippen molar-refractivity contribution in [1.82, 2.24) is 4.98 Å². The molecule has 0 aliphatic heterocycles. The number of carbonyl (C=O) groups is 1. The Balaban J connectivity index is 2.28. The fourth-order valence-corrected chi connectivity index (χ4v) is 2.69. The second-order valence-corrected chi connectivity index (χ2v) is 5.46. The van der Waals surface area contributed by atoms with E-state index in [1.165, 1.54) is 0 Å². The molecule has 0 spiro atoms. The van der Waals surface area contributed by atoms with Crippen LogP contribution < -0.4 is 10.6 Å². The number of carbonyl (C=O) groups excluding carboxylic acids is 1. The van der Waals surface area contributed by atoms with Crippen molar-refractivity contribution < 1.29 is 4.79 Å². The van der Waals surface area contributed by atoms with Crippen molar-refractivity contribution >= 4 is 33.3 Å². The highest BCUT2D eigenvalue weighted by atomic mass is 79.9. The summed E-state index contributed by atoms with van der Waals surface area (Å²) in [5, 5.41) is 5.88. The molecule has 1 heterocycles. The maximum absolute atomic E-state index is 12.3. The van der Waals surface area contributed by atoms with Crippen molar-refractivity contribution in [3.8, 4) is 0 Å². The molecule has 0 fully saturated rings. The molecule has 104 valence electrons. The summed E-state index contributed by atoms with van der Waals surface area (Å²) in [5.41, 5.74) is 3.47. The van der Waals surface area contributed by atoms with E-state index in [0.29, 0.717) is 11.4 Å². The number of amides is 1. The fourth-order valence-electron chi connectivity index (χ4n) is 2.00. The number of nitrogens with one attached hydrogen (secondary N) is 2. The number of halogens is 1. The summed E-state index contributed by atoms with van der Waals surface area (Å²) in [6, 6.07) is 7.38. The Bertz CT molecular complexity index is 632. The van der Waals surface area contributed by atoms with E-state index in [2.05, 4.69) is 31.5 Å². The van der Waals surface area contributed by atoms with Gasteiger partial charge in [0.05, 0.1) is 0 Å². The summed E-state index contributed by atoms with van der Waals surface area (Å²) in [6.07, 6.45) is 1.61. The first-order chi connectivity index (χ1) is 9.51. The van der Waals surface area contributed by atoms with E-state index < -0.39 is 0 Å². The molecule has 1 aromatic heterocycles. The Morgan fingerprint density at radius 1 is 1.20 bits per heavy atom. The van der Waals surface area contributed by atoms with E-state index in [0.717, 1.165) is 21.3 Å². The summed E-state index contributed by atoms with van der Waals surface area (Å²) in [7, 11) is 1.77. The number of hydrogen-bond acceptors (Lipinski definition) is 3. The summed E-state index contributed by atoms with van der Waals surface area (Å²) in [6.45, 7) is 3.94. The first-order valence-electron chi connectivity index (χ1n) is 6.23. The highest BCUT2D eigenvalue weighted by Gasteiger charge is 2.11. The Hall–Kier alpha value is -1.88. The monoisotopic (exact) mass is 333 g/mol. The van der Waals surface area contributed by atoms with Gasteiger partial charge in [-0.25, -0.2) is 4.98 Å². The van der Waals surface area contributed by atoms with Gasteiger partial charge < -0.3 is 10.6 Å². The van der Waals surface area contributed by atoms with Gasteiger partial charge >= 0.3 is 0 Å². The number of hydrogen-bond donors (Lipinski definition) is 2. The fraction of sp³-hybridized carbons (Fsp3) is 0.200. The lowest BCUT2D eigenvalue weighted by Gasteiger charge is -2.12. The molecule has 0 saturated carbocycles. The van der Waals surface area contributed by atoms with Crippen LogP contribution in [0.1, 0.15) is 21.5 Å². The predicted molar refractivity (Wildman–Crippen MR) is 85.4 cm³/mol. The first kappa shape index (κ1) is 14.5. The molecule has 2 rings (SSSR count).